The van der Waals surface area contributed by atoms with E-state index in [0.29, 0.717) is 22.3 Å². The fourth-order valence-electron chi connectivity index (χ4n) is 2.70. The van der Waals surface area contributed by atoms with Gasteiger partial charge < -0.3 is 9.52 Å². The van der Waals surface area contributed by atoms with Gasteiger partial charge in [-0.3, -0.25) is 0 Å². The summed E-state index contributed by atoms with van der Waals surface area (Å²) in [6, 6.07) is 7.56. The molecule has 90 valence electrons. The lowest BCUT2D eigenvalue weighted by molar-refractivity contribution is 0.0905. The molecule has 0 amide bonds. The number of furan rings is 1. The van der Waals surface area contributed by atoms with E-state index in [1.807, 2.05) is 18.2 Å². The molecule has 1 aliphatic rings. The van der Waals surface area contributed by atoms with E-state index in [0.717, 1.165) is 18.2 Å². The first-order valence-corrected chi connectivity index (χ1v) is 6.49. The SMILES string of the molecule is OC(c1cc2cccc(Cl)c2o1)C1CCCC1. The molecule has 1 fully saturated rings. The van der Waals surface area contributed by atoms with Crippen LogP contribution in [0.2, 0.25) is 5.02 Å². The molecule has 1 unspecified atom stereocenters. The molecule has 0 aliphatic heterocycles. The predicted octanol–water partition coefficient (Wildman–Crippen LogP) is 4.31. The predicted molar refractivity (Wildman–Crippen MR) is 68.1 cm³/mol. The molecule has 1 saturated carbocycles. The minimum atomic E-state index is -0.485. The average Bonchev–Trinajstić information content (AvgIpc) is 2.98. The van der Waals surface area contributed by atoms with Crippen LogP contribution < -0.4 is 0 Å². The molecule has 1 heterocycles. The van der Waals surface area contributed by atoms with Crippen molar-refractivity contribution in [3.8, 4) is 0 Å². The number of rotatable bonds is 2. The van der Waals surface area contributed by atoms with Crippen LogP contribution in [0, 0.1) is 5.92 Å². The van der Waals surface area contributed by atoms with Gasteiger partial charge in [0.2, 0.25) is 0 Å². The second-order valence-electron chi connectivity index (χ2n) is 4.80. The highest BCUT2D eigenvalue weighted by Crippen LogP contribution is 2.38. The number of aliphatic hydroxyl groups excluding tert-OH is 1. The van der Waals surface area contributed by atoms with Gasteiger partial charge in [0.05, 0.1) is 5.02 Å². The summed E-state index contributed by atoms with van der Waals surface area (Å²) in [5, 5.41) is 11.8. The molecule has 1 aliphatic carbocycles. The molecule has 3 heteroatoms. The molecule has 0 radical (unpaired) electrons. The Bertz CT molecular complexity index is 526. The Morgan fingerprint density at radius 2 is 2.06 bits per heavy atom. The standard InChI is InChI=1S/C14H15ClO2/c15-11-7-3-6-10-8-12(17-14(10)11)13(16)9-4-1-2-5-9/h3,6-9,13,16H,1-2,4-5H2. The van der Waals surface area contributed by atoms with Gasteiger partial charge in [0.25, 0.3) is 0 Å². The van der Waals surface area contributed by atoms with E-state index in [1.165, 1.54) is 12.8 Å². The number of hydrogen-bond acceptors (Lipinski definition) is 2. The van der Waals surface area contributed by atoms with Crippen LogP contribution in [0.25, 0.3) is 11.0 Å². The maximum atomic E-state index is 10.3. The van der Waals surface area contributed by atoms with E-state index in [4.69, 9.17) is 16.0 Å². The molecule has 3 rings (SSSR count). The van der Waals surface area contributed by atoms with Gasteiger partial charge in [-0.2, -0.15) is 0 Å². The third-order valence-electron chi connectivity index (χ3n) is 3.65. The lowest BCUT2D eigenvalue weighted by atomic mass is 9.99. The quantitative estimate of drug-likeness (QED) is 0.862. The Labute approximate surface area is 105 Å². The first kappa shape index (κ1) is 11.1. The summed E-state index contributed by atoms with van der Waals surface area (Å²) in [6.45, 7) is 0. The number of benzene rings is 1. The van der Waals surface area contributed by atoms with E-state index >= 15 is 0 Å². The molecule has 0 bridgehead atoms. The van der Waals surface area contributed by atoms with Gasteiger partial charge in [-0.25, -0.2) is 0 Å². The summed E-state index contributed by atoms with van der Waals surface area (Å²) in [4.78, 5) is 0. The molecule has 1 atom stereocenters. The van der Waals surface area contributed by atoms with Crippen molar-refractivity contribution in [2.24, 2.45) is 5.92 Å². The molecule has 2 nitrogen and oxygen atoms in total. The van der Waals surface area contributed by atoms with Gasteiger partial charge in [0.1, 0.15) is 11.9 Å². The number of para-hydroxylation sites is 1. The normalized spacial score (nSPS) is 18.9. The minimum Gasteiger partial charge on any atom is -0.457 e. The molecule has 1 aromatic carbocycles. The van der Waals surface area contributed by atoms with Gasteiger partial charge in [-0.05, 0) is 30.9 Å². The summed E-state index contributed by atoms with van der Waals surface area (Å²) in [7, 11) is 0. The molecule has 0 spiro atoms. The van der Waals surface area contributed by atoms with Crippen molar-refractivity contribution in [3.05, 3.63) is 35.0 Å². The average molecular weight is 251 g/mol. The molecule has 17 heavy (non-hydrogen) atoms. The topological polar surface area (TPSA) is 33.4 Å². The maximum absolute atomic E-state index is 10.3. The highest BCUT2D eigenvalue weighted by Gasteiger charge is 2.27. The van der Waals surface area contributed by atoms with E-state index in [1.54, 1.807) is 6.07 Å². The third-order valence-corrected chi connectivity index (χ3v) is 3.95. The number of aliphatic hydroxyl groups is 1. The van der Waals surface area contributed by atoms with E-state index < -0.39 is 6.10 Å². The van der Waals surface area contributed by atoms with Gasteiger partial charge in [0.15, 0.2) is 5.58 Å². The smallest absolute Gasteiger partial charge is 0.152 e. The number of halogens is 1. The summed E-state index contributed by atoms with van der Waals surface area (Å²) >= 11 is 6.06. The van der Waals surface area contributed by atoms with Gasteiger partial charge in [0, 0.05) is 5.39 Å². The van der Waals surface area contributed by atoms with Crippen LogP contribution in [0.5, 0.6) is 0 Å². The molecule has 0 saturated heterocycles. The number of hydrogen-bond donors (Lipinski definition) is 1. The second-order valence-corrected chi connectivity index (χ2v) is 5.20. The highest BCUT2D eigenvalue weighted by atomic mass is 35.5. The van der Waals surface area contributed by atoms with Crippen molar-refractivity contribution >= 4 is 22.6 Å². The zero-order valence-electron chi connectivity index (χ0n) is 9.53. The molecular weight excluding hydrogens is 236 g/mol. The third kappa shape index (κ3) is 1.96. The zero-order chi connectivity index (χ0) is 11.8. The molecular formula is C14H15ClO2. The Balaban J connectivity index is 1.97. The van der Waals surface area contributed by atoms with E-state index in [2.05, 4.69) is 0 Å². The Morgan fingerprint density at radius 3 is 2.76 bits per heavy atom. The first-order valence-electron chi connectivity index (χ1n) is 6.12. The summed E-state index contributed by atoms with van der Waals surface area (Å²) < 4.78 is 5.69. The monoisotopic (exact) mass is 250 g/mol. The summed E-state index contributed by atoms with van der Waals surface area (Å²) in [5.41, 5.74) is 0.682. The number of fused-ring (bicyclic) bond motifs is 1. The van der Waals surface area contributed by atoms with Gasteiger partial charge >= 0.3 is 0 Å². The molecule has 1 N–H and O–H groups in total. The molecule has 2 aromatic rings. The van der Waals surface area contributed by atoms with Crippen LogP contribution in [0.1, 0.15) is 37.5 Å². The second kappa shape index (κ2) is 4.35. The van der Waals surface area contributed by atoms with Crippen molar-refractivity contribution in [2.75, 3.05) is 0 Å². The van der Waals surface area contributed by atoms with E-state index in [9.17, 15) is 5.11 Å². The summed E-state index contributed by atoms with van der Waals surface area (Å²) in [5.74, 6) is 0.995. The van der Waals surface area contributed by atoms with Gasteiger partial charge in [-0.15, -0.1) is 0 Å². The fourth-order valence-corrected chi connectivity index (χ4v) is 2.92. The van der Waals surface area contributed by atoms with Crippen molar-refractivity contribution in [1.82, 2.24) is 0 Å². The highest BCUT2D eigenvalue weighted by molar-refractivity contribution is 6.34. The van der Waals surface area contributed by atoms with Crippen LogP contribution in [-0.2, 0) is 0 Å². The van der Waals surface area contributed by atoms with Crippen LogP contribution in [0.15, 0.2) is 28.7 Å². The lowest BCUT2D eigenvalue weighted by Crippen LogP contribution is -2.07. The molecule has 1 aromatic heterocycles. The summed E-state index contributed by atoms with van der Waals surface area (Å²) in [6.07, 6.45) is 4.12. The largest absolute Gasteiger partial charge is 0.457 e. The van der Waals surface area contributed by atoms with Crippen molar-refractivity contribution in [2.45, 2.75) is 31.8 Å². The Morgan fingerprint density at radius 1 is 1.29 bits per heavy atom. The van der Waals surface area contributed by atoms with E-state index in [-0.39, 0.29) is 0 Å². The maximum Gasteiger partial charge on any atom is 0.152 e. The minimum absolute atomic E-state index is 0.342. The van der Waals surface area contributed by atoms with Crippen LogP contribution in [-0.4, -0.2) is 5.11 Å². The Hall–Kier alpha value is -0.990. The fraction of sp³-hybridized carbons (Fsp3) is 0.429. The van der Waals surface area contributed by atoms with Gasteiger partial charge in [-0.1, -0.05) is 36.6 Å². The van der Waals surface area contributed by atoms with Crippen LogP contribution in [0.3, 0.4) is 0 Å². The van der Waals surface area contributed by atoms with Crippen LogP contribution >= 0.6 is 11.6 Å². The lowest BCUT2D eigenvalue weighted by Gasteiger charge is -2.14. The van der Waals surface area contributed by atoms with Crippen LogP contribution in [0.4, 0.5) is 0 Å². The van der Waals surface area contributed by atoms with Crippen molar-refractivity contribution in [1.29, 1.82) is 0 Å². The van der Waals surface area contributed by atoms with Crippen molar-refractivity contribution in [3.63, 3.8) is 0 Å². The Kier molecular flexibility index (Phi) is 2.85. The zero-order valence-corrected chi connectivity index (χ0v) is 10.3. The first-order chi connectivity index (χ1) is 8.25. The van der Waals surface area contributed by atoms with Crippen molar-refractivity contribution < 1.29 is 9.52 Å².